The van der Waals surface area contributed by atoms with Crippen LogP contribution in [0.1, 0.15) is 27.2 Å². The second kappa shape index (κ2) is 6.19. The number of sulfonamides is 1. The van der Waals surface area contributed by atoms with E-state index in [0.29, 0.717) is 6.42 Å². The number of benzene rings is 1. The summed E-state index contributed by atoms with van der Waals surface area (Å²) in [5.74, 6) is 0. The van der Waals surface area contributed by atoms with Crippen molar-refractivity contribution >= 4 is 21.4 Å². The third-order valence-corrected chi connectivity index (χ3v) is 5.30. The molecule has 8 heteroatoms. The highest BCUT2D eigenvalue weighted by Gasteiger charge is 2.33. The van der Waals surface area contributed by atoms with Crippen LogP contribution in [-0.2, 0) is 10.0 Å². The molecule has 20 heavy (non-hydrogen) atoms. The topological polar surface area (TPSA) is 107 Å². The van der Waals surface area contributed by atoms with Gasteiger partial charge in [-0.1, -0.05) is 13.8 Å². The second-order valence-electron chi connectivity index (χ2n) is 4.45. The molecule has 0 aliphatic heterocycles. The molecule has 0 aromatic heterocycles. The van der Waals surface area contributed by atoms with Crippen molar-refractivity contribution < 1.29 is 13.3 Å². The van der Waals surface area contributed by atoms with E-state index < -0.39 is 20.6 Å². The maximum Gasteiger partial charge on any atom is 0.291 e. The van der Waals surface area contributed by atoms with Crippen molar-refractivity contribution in [3.8, 4) is 0 Å². The van der Waals surface area contributed by atoms with E-state index in [-0.39, 0.29) is 23.2 Å². The average Bonchev–Trinajstić information content (AvgIpc) is 2.38. The quantitative estimate of drug-likeness (QED) is 0.491. The van der Waals surface area contributed by atoms with Crippen LogP contribution in [0.25, 0.3) is 0 Å². The Morgan fingerprint density at radius 1 is 1.40 bits per heavy atom. The molecule has 1 unspecified atom stereocenters. The first kappa shape index (κ1) is 16.4. The summed E-state index contributed by atoms with van der Waals surface area (Å²) in [5, 5.41) is 11.0. The van der Waals surface area contributed by atoms with E-state index in [0.717, 1.165) is 6.07 Å². The first-order valence-corrected chi connectivity index (χ1v) is 7.75. The molecule has 0 spiro atoms. The SMILES string of the molecule is CCC(C)N(CC)S(=O)(=O)c1ccc(N)cc1[N+](=O)[O-]. The van der Waals surface area contributed by atoms with Gasteiger partial charge in [-0.2, -0.15) is 4.31 Å². The van der Waals surface area contributed by atoms with E-state index in [1.165, 1.54) is 16.4 Å². The lowest BCUT2D eigenvalue weighted by atomic mass is 10.3. The summed E-state index contributed by atoms with van der Waals surface area (Å²) in [4.78, 5) is 9.99. The number of anilines is 1. The summed E-state index contributed by atoms with van der Waals surface area (Å²) in [6.45, 7) is 5.58. The predicted octanol–water partition coefficient (Wildman–Crippen LogP) is 1.99. The number of nitrogens with two attached hydrogens (primary N) is 1. The van der Waals surface area contributed by atoms with Crippen LogP contribution in [0.4, 0.5) is 11.4 Å². The van der Waals surface area contributed by atoms with E-state index in [1.807, 2.05) is 6.92 Å². The minimum atomic E-state index is -3.92. The number of nitro groups is 1. The molecule has 2 N–H and O–H groups in total. The van der Waals surface area contributed by atoms with Gasteiger partial charge in [0.1, 0.15) is 0 Å². The van der Waals surface area contributed by atoms with Gasteiger partial charge >= 0.3 is 0 Å². The number of hydrogen-bond donors (Lipinski definition) is 1. The van der Waals surface area contributed by atoms with Crippen molar-refractivity contribution in [1.82, 2.24) is 4.31 Å². The van der Waals surface area contributed by atoms with Crippen LogP contribution in [-0.4, -0.2) is 30.2 Å². The molecule has 0 fully saturated rings. The van der Waals surface area contributed by atoms with E-state index >= 15 is 0 Å². The van der Waals surface area contributed by atoms with Crippen LogP contribution in [0.2, 0.25) is 0 Å². The molecule has 1 atom stereocenters. The zero-order chi connectivity index (χ0) is 15.5. The number of nitrogen functional groups attached to an aromatic ring is 1. The first-order chi connectivity index (χ1) is 9.25. The molecule has 0 saturated heterocycles. The average molecular weight is 301 g/mol. The van der Waals surface area contributed by atoms with Crippen LogP contribution < -0.4 is 5.73 Å². The lowest BCUT2D eigenvalue weighted by Gasteiger charge is -2.26. The fourth-order valence-electron chi connectivity index (χ4n) is 1.94. The van der Waals surface area contributed by atoms with Gasteiger partial charge in [0.25, 0.3) is 5.69 Å². The lowest BCUT2D eigenvalue weighted by molar-refractivity contribution is -0.387. The minimum absolute atomic E-state index is 0.155. The summed E-state index contributed by atoms with van der Waals surface area (Å²) in [6, 6.07) is 3.37. The summed E-state index contributed by atoms with van der Waals surface area (Å²) in [5.41, 5.74) is 5.15. The van der Waals surface area contributed by atoms with Crippen LogP contribution in [0.5, 0.6) is 0 Å². The zero-order valence-corrected chi connectivity index (χ0v) is 12.6. The molecule has 0 saturated carbocycles. The lowest BCUT2D eigenvalue weighted by Crippen LogP contribution is -2.38. The molecular formula is C12H19N3O4S. The molecule has 1 rings (SSSR count). The van der Waals surface area contributed by atoms with Crippen molar-refractivity contribution in [2.75, 3.05) is 12.3 Å². The molecule has 0 aliphatic rings. The molecule has 0 aliphatic carbocycles. The normalized spacial score (nSPS) is 13.4. The minimum Gasteiger partial charge on any atom is -0.399 e. The van der Waals surface area contributed by atoms with Gasteiger partial charge in [-0.15, -0.1) is 0 Å². The molecule has 0 bridgehead atoms. The van der Waals surface area contributed by atoms with E-state index in [9.17, 15) is 18.5 Å². The Labute approximate surface area is 118 Å². The van der Waals surface area contributed by atoms with Crippen LogP contribution >= 0.6 is 0 Å². The van der Waals surface area contributed by atoms with Gasteiger partial charge < -0.3 is 5.73 Å². The van der Waals surface area contributed by atoms with Crippen LogP contribution in [0.3, 0.4) is 0 Å². The van der Waals surface area contributed by atoms with Crippen LogP contribution in [0, 0.1) is 10.1 Å². The Bertz CT molecular complexity index is 601. The molecule has 1 aromatic carbocycles. The third-order valence-electron chi connectivity index (χ3n) is 3.16. The zero-order valence-electron chi connectivity index (χ0n) is 11.7. The van der Waals surface area contributed by atoms with Crippen molar-refractivity contribution in [2.24, 2.45) is 0 Å². The Kier molecular flexibility index (Phi) is 5.07. The van der Waals surface area contributed by atoms with Crippen molar-refractivity contribution in [1.29, 1.82) is 0 Å². The summed E-state index contributed by atoms with van der Waals surface area (Å²) in [6.07, 6.45) is 0.621. The van der Waals surface area contributed by atoms with Crippen molar-refractivity contribution in [3.63, 3.8) is 0 Å². The van der Waals surface area contributed by atoms with Gasteiger partial charge in [0, 0.05) is 24.3 Å². The molecule has 7 nitrogen and oxygen atoms in total. The van der Waals surface area contributed by atoms with Gasteiger partial charge in [0.05, 0.1) is 4.92 Å². The Hall–Kier alpha value is -1.67. The van der Waals surface area contributed by atoms with Crippen molar-refractivity contribution in [3.05, 3.63) is 28.3 Å². The second-order valence-corrected chi connectivity index (χ2v) is 6.31. The van der Waals surface area contributed by atoms with Crippen LogP contribution in [0.15, 0.2) is 23.1 Å². The number of rotatable bonds is 6. The largest absolute Gasteiger partial charge is 0.399 e. The van der Waals surface area contributed by atoms with Crippen molar-refractivity contribution in [2.45, 2.75) is 38.1 Å². The van der Waals surface area contributed by atoms with E-state index in [4.69, 9.17) is 5.73 Å². The smallest absolute Gasteiger partial charge is 0.291 e. The van der Waals surface area contributed by atoms with E-state index in [1.54, 1.807) is 13.8 Å². The Morgan fingerprint density at radius 2 is 2.00 bits per heavy atom. The monoisotopic (exact) mass is 301 g/mol. The standard InChI is InChI=1S/C12H19N3O4S/c1-4-9(3)14(5-2)20(18,19)12-7-6-10(13)8-11(12)15(16)17/h6-9H,4-5,13H2,1-3H3. The molecule has 1 aromatic rings. The highest BCUT2D eigenvalue weighted by atomic mass is 32.2. The molecule has 112 valence electrons. The first-order valence-electron chi connectivity index (χ1n) is 6.31. The van der Waals surface area contributed by atoms with Gasteiger partial charge in [-0.3, -0.25) is 10.1 Å². The van der Waals surface area contributed by atoms with E-state index in [2.05, 4.69) is 0 Å². The summed E-state index contributed by atoms with van der Waals surface area (Å²) in [7, 11) is -3.92. The summed E-state index contributed by atoms with van der Waals surface area (Å²) >= 11 is 0. The number of nitro benzene ring substituents is 1. The Morgan fingerprint density at radius 3 is 2.45 bits per heavy atom. The molecular weight excluding hydrogens is 282 g/mol. The Balaban J connectivity index is 3.45. The maximum atomic E-state index is 12.6. The number of hydrogen-bond acceptors (Lipinski definition) is 5. The third kappa shape index (κ3) is 3.07. The number of nitrogens with zero attached hydrogens (tertiary/aromatic N) is 2. The van der Waals surface area contributed by atoms with Gasteiger partial charge in [-0.05, 0) is 25.5 Å². The maximum absolute atomic E-state index is 12.6. The fraction of sp³-hybridized carbons (Fsp3) is 0.500. The highest BCUT2D eigenvalue weighted by Crippen LogP contribution is 2.29. The molecule has 0 radical (unpaired) electrons. The highest BCUT2D eigenvalue weighted by molar-refractivity contribution is 7.89. The molecule has 0 amide bonds. The van der Waals surface area contributed by atoms with Gasteiger partial charge in [0.15, 0.2) is 4.90 Å². The molecule has 0 heterocycles. The predicted molar refractivity (Wildman–Crippen MR) is 76.8 cm³/mol. The fourth-order valence-corrected chi connectivity index (χ4v) is 3.80. The summed E-state index contributed by atoms with van der Waals surface area (Å²) < 4.78 is 26.4. The van der Waals surface area contributed by atoms with Gasteiger partial charge in [-0.25, -0.2) is 8.42 Å². The van der Waals surface area contributed by atoms with Gasteiger partial charge in [0.2, 0.25) is 10.0 Å².